The van der Waals surface area contributed by atoms with E-state index in [2.05, 4.69) is 18.2 Å². The highest BCUT2D eigenvalue weighted by Crippen LogP contribution is 2.53. The van der Waals surface area contributed by atoms with Crippen LogP contribution in [0.15, 0.2) is 72.8 Å². The van der Waals surface area contributed by atoms with Gasteiger partial charge in [0, 0.05) is 5.56 Å². The van der Waals surface area contributed by atoms with Crippen molar-refractivity contribution in [3.63, 3.8) is 0 Å². The lowest BCUT2D eigenvalue weighted by molar-refractivity contribution is 0.382. The monoisotopic (exact) mass is 308 g/mol. The molecule has 1 N–H and O–H groups in total. The molecule has 0 amide bonds. The fourth-order valence-corrected chi connectivity index (χ4v) is 3.32. The molecule has 1 aliphatic rings. The van der Waals surface area contributed by atoms with Gasteiger partial charge in [-0.15, -0.1) is 0 Å². The summed E-state index contributed by atoms with van der Waals surface area (Å²) in [4.78, 5) is 10.1. The van der Waals surface area contributed by atoms with E-state index in [-0.39, 0.29) is 0 Å². The second kappa shape index (κ2) is 5.45. The minimum absolute atomic E-state index is 0.589. The van der Waals surface area contributed by atoms with Crippen molar-refractivity contribution in [2.45, 2.75) is 0 Å². The molecule has 3 nitrogen and oxygen atoms in total. The molecule has 4 heteroatoms. The van der Waals surface area contributed by atoms with Gasteiger partial charge in [0.1, 0.15) is 11.5 Å². The first kappa shape index (κ1) is 13.3. The molecular formula is C18H13O3P. The van der Waals surface area contributed by atoms with Crippen molar-refractivity contribution in [1.82, 2.24) is 0 Å². The third-order valence-electron chi connectivity index (χ3n) is 3.62. The van der Waals surface area contributed by atoms with Crippen LogP contribution in [0.4, 0.5) is 0 Å². The van der Waals surface area contributed by atoms with E-state index in [0.29, 0.717) is 11.5 Å². The lowest BCUT2D eigenvalue weighted by atomic mass is 9.80. The maximum absolute atomic E-state index is 10.1. The van der Waals surface area contributed by atoms with E-state index < -0.39 is 8.60 Å². The third-order valence-corrected chi connectivity index (χ3v) is 4.34. The summed E-state index contributed by atoms with van der Waals surface area (Å²) in [6, 6.07) is 23.2. The summed E-state index contributed by atoms with van der Waals surface area (Å²) in [5, 5.41) is 0. The van der Waals surface area contributed by atoms with Crippen LogP contribution in [0.1, 0.15) is 0 Å². The lowest BCUT2D eigenvalue weighted by Gasteiger charge is -2.26. The highest BCUT2D eigenvalue weighted by Gasteiger charge is 2.27. The molecule has 108 valence electrons. The van der Waals surface area contributed by atoms with Crippen molar-refractivity contribution in [3.8, 4) is 33.8 Å². The Balaban J connectivity index is 1.57. The third kappa shape index (κ3) is 2.25. The number of hydrogen-bond donors (Lipinski definition) is 1. The van der Waals surface area contributed by atoms with Crippen molar-refractivity contribution in [1.29, 1.82) is 0 Å². The van der Waals surface area contributed by atoms with Crippen molar-refractivity contribution in [3.05, 3.63) is 72.8 Å². The van der Waals surface area contributed by atoms with Gasteiger partial charge in [0.15, 0.2) is 0 Å². The molecule has 0 saturated heterocycles. The van der Waals surface area contributed by atoms with Crippen LogP contribution in [0.3, 0.4) is 0 Å². The SMILES string of the molecule is OP(Oc1ccccc1)Oc1cccc2c1-c1ccccc1-2. The van der Waals surface area contributed by atoms with Crippen molar-refractivity contribution in [2.75, 3.05) is 0 Å². The molecule has 3 aromatic rings. The van der Waals surface area contributed by atoms with Gasteiger partial charge in [-0.2, -0.15) is 0 Å². The van der Waals surface area contributed by atoms with Crippen LogP contribution >= 0.6 is 8.60 Å². The fourth-order valence-electron chi connectivity index (χ4n) is 2.66. The topological polar surface area (TPSA) is 38.7 Å². The van der Waals surface area contributed by atoms with Crippen LogP contribution in [0.25, 0.3) is 22.3 Å². The van der Waals surface area contributed by atoms with Gasteiger partial charge in [0.2, 0.25) is 0 Å². The van der Waals surface area contributed by atoms with E-state index in [4.69, 9.17) is 9.05 Å². The van der Waals surface area contributed by atoms with E-state index in [0.717, 1.165) is 16.7 Å². The molecule has 22 heavy (non-hydrogen) atoms. The van der Waals surface area contributed by atoms with Gasteiger partial charge in [-0.3, -0.25) is 0 Å². The van der Waals surface area contributed by atoms with Gasteiger partial charge < -0.3 is 13.9 Å². The zero-order valence-electron chi connectivity index (χ0n) is 11.6. The smallest absolute Gasteiger partial charge is 0.418 e. The molecule has 0 heterocycles. The van der Waals surface area contributed by atoms with E-state index in [1.165, 1.54) is 5.56 Å². The van der Waals surface area contributed by atoms with E-state index >= 15 is 0 Å². The van der Waals surface area contributed by atoms with Crippen LogP contribution in [0, 0.1) is 0 Å². The molecule has 0 spiro atoms. The van der Waals surface area contributed by atoms with Gasteiger partial charge in [-0.1, -0.05) is 54.6 Å². The Morgan fingerprint density at radius 1 is 0.636 bits per heavy atom. The Morgan fingerprint density at radius 3 is 2.14 bits per heavy atom. The van der Waals surface area contributed by atoms with Gasteiger partial charge in [0.25, 0.3) is 0 Å². The average molecular weight is 308 g/mol. The minimum atomic E-state index is -2.02. The molecule has 4 rings (SSSR count). The standard InChI is InChI=1S/C18H13O3P/c19-22(20-13-7-2-1-3-8-13)21-17-12-6-11-16-14-9-4-5-10-15(14)18(16)17/h1-12,19H. The van der Waals surface area contributed by atoms with Crippen LogP contribution in [-0.4, -0.2) is 4.89 Å². The quantitative estimate of drug-likeness (QED) is 0.538. The molecule has 3 aromatic carbocycles. The summed E-state index contributed by atoms with van der Waals surface area (Å²) in [7, 11) is -2.02. The Bertz CT molecular complexity index is 818. The molecule has 1 unspecified atom stereocenters. The summed E-state index contributed by atoms with van der Waals surface area (Å²) >= 11 is 0. The van der Waals surface area contributed by atoms with Gasteiger partial charge >= 0.3 is 8.60 Å². The number of fused-ring (bicyclic) bond motifs is 4. The van der Waals surface area contributed by atoms with E-state index in [9.17, 15) is 4.89 Å². The number of para-hydroxylation sites is 1. The molecule has 0 fully saturated rings. The first-order valence-corrected chi connectivity index (χ1v) is 8.09. The van der Waals surface area contributed by atoms with Gasteiger partial charge in [-0.25, -0.2) is 0 Å². The summed E-state index contributed by atoms with van der Waals surface area (Å²) < 4.78 is 11.1. The summed E-state index contributed by atoms with van der Waals surface area (Å²) in [6.45, 7) is 0. The van der Waals surface area contributed by atoms with Crippen LogP contribution in [0.5, 0.6) is 11.5 Å². The Hall–Kier alpha value is -2.35. The number of benzene rings is 3. The zero-order chi connectivity index (χ0) is 14.9. The molecule has 0 aromatic heterocycles. The normalized spacial score (nSPS) is 12.6. The Morgan fingerprint density at radius 2 is 1.32 bits per heavy atom. The predicted molar refractivity (Wildman–Crippen MR) is 87.7 cm³/mol. The number of rotatable bonds is 4. The Kier molecular flexibility index (Phi) is 3.30. The maximum Gasteiger partial charge on any atom is 0.460 e. The summed E-state index contributed by atoms with van der Waals surface area (Å²) in [5.41, 5.74) is 4.55. The molecule has 0 saturated carbocycles. The summed E-state index contributed by atoms with van der Waals surface area (Å²) in [6.07, 6.45) is 0. The molecule has 1 atom stereocenters. The van der Waals surface area contributed by atoms with Gasteiger partial charge in [-0.05, 0) is 34.9 Å². The average Bonchev–Trinajstić information content (AvgIpc) is 2.53. The second-order valence-corrected chi connectivity index (χ2v) is 5.80. The maximum atomic E-state index is 10.1. The van der Waals surface area contributed by atoms with E-state index in [1.54, 1.807) is 12.1 Å². The zero-order valence-corrected chi connectivity index (χ0v) is 12.5. The van der Waals surface area contributed by atoms with Crippen molar-refractivity contribution >= 4 is 8.60 Å². The van der Waals surface area contributed by atoms with Crippen LogP contribution < -0.4 is 9.05 Å². The van der Waals surface area contributed by atoms with Crippen LogP contribution in [-0.2, 0) is 0 Å². The molecule has 1 aliphatic carbocycles. The highest BCUT2D eigenvalue weighted by atomic mass is 31.2. The van der Waals surface area contributed by atoms with Crippen molar-refractivity contribution in [2.24, 2.45) is 0 Å². The molecular weight excluding hydrogens is 295 g/mol. The minimum Gasteiger partial charge on any atom is -0.418 e. The predicted octanol–water partition coefficient (Wildman–Crippen LogP) is 5.01. The second-order valence-electron chi connectivity index (χ2n) is 4.96. The summed E-state index contributed by atoms with van der Waals surface area (Å²) in [5.74, 6) is 1.24. The first-order valence-electron chi connectivity index (χ1n) is 6.96. The van der Waals surface area contributed by atoms with Crippen molar-refractivity contribution < 1.29 is 13.9 Å². The number of hydrogen-bond acceptors (Lipinski definition) is 3. The van der Waals surface area contributed by atoms with E-state index in [1.807, 2.05) is 42.5 Å². The Labute approximate surface area is 129 Å². The van der Waals surface area contributed by atoms with Gasteiger partial charge in [0.05, 0.1) is 0 Å². The fraction of sp³-hybridized carbons (Fsp3) is 0. The van der Waals surface area contributed by atoms with Crippen LogP contribution in [0.2, 0.25) is 0 Å². The highest BCUT2D eigenvalue weighted by molar-refractivity contribution is 7.41. The largest absolute Gasteiger partial charge is 0.460 e. The first-order chi connectivity index (χ1) is 10.8. The molecule has 0 radical (unpaired) electrons. The lowest BCUT2D eigenvalue weighted by Crippen LogP contribution is -2.02. The molecule has 0 aliphatic heterocycles. The molecule has 0 bridgehead atoms.